The molecule has 0 aliphatic heterocycles. The molecule has 1 aliphatic rings. The van der Waals surface area contributed by atoms with Gasteiger partial charge in [0.15, 0.2) is 0 Å². The summed E-state index contributed by atoms with van der Waals surface area (Å²) in [6.07, 6.45) is 5.30. The van der Waals surface area contributed by atoms with Crippen LogP contribution >= 0.6 is 0 Å². The Morgan fingerprint density at radius 2 is 2.00 bits per heavy atom. The molecule has 76 valence electrons. The Bertz CT molecular complexity index is 409. The van der Waals surface area contributed by atoms with E-state index in [9.17, 15) is 0 Å². The first-order chi connectivity index (χ1) is 7.29. The summed E-state index contributed by atoms with van der Waals surface area (Å²) in [6, 6.07) is 10.2. The summed E-state index contributed by atoms with van der Waals surface area (Å²) in [5.41, 5.74) is 9.13. The number of nitriles is 1. The van der Waals surface area contributed by atoms with Gasteiger partial charge in [0.1, 0.15) is 0 Å². The van der Waals surface area contributed by atoms with Crippen LogP contribution in [0.1, 0.15) is 30.4 Å². The van der Waals surface area contributed by atoms with Crippen molar-refractivity contribution in [2.24, 2.45) is 5.73 Å². The second-order valence-electron chi connectivity index (χ2n) is 3.95. The van der Waals surface area contributed by atoms with Crippen molar-refractivity contribution in [2.45, 2.75) is 25.3 Å². The number of nitrogens with zero attached hydrogens (tertiary/aromatic N) is 1. The number of nitrogens with two attached hydrogens (primary N) is 1. The molecule has 1 aliphatic carbocycles. The maximum absolute atomic E-state index is 8.69. The van der Waals surface area contributed by atoms with Crippen LogP contribution in [-0.2, 0) is 0 Å². The standard InChI is InChI=1S/C13H14N2/c14-9-10-1-3-11(4-2-10)12-5-7-13(15)8-6-12/h1-5,13H,6-8,15H2. The molecule has 2 heteroatoms. The van der Waals surface area contributed by atoms with E-state index in [-0.39, 0.29) is 0 Å². The lowest BCUT2D eigenvalue weighted by Gasteiger charge is -2.18. The minimum Gasteiger partial charge on any atom is -0.327 e. The summed E-state index contributed by atoms with van der Waals surface area (Å²) < 4.78 is 0. The monoisotopic (exact) mass is 198 g/mol. The molecule has 0 radical (unpaired) electrons. The van der Waals surface area contributed by atoms with E-state index in [1.807, 2.05) is 24.3 Å². The van der Waals surface area contributed by atoms with E-state index in [0.29, 0.717) is 11.6 Å². The van der Waals surface area contributed by atoms with Crippen LogP contribution in [0.5, 0.6) is 0 Å². The largest absolute Gasteiger partial charge is 0.327 e. The molecule has 1 unspecified atom stereocenters. The average Bonchev–Trinajstić information content (AvgIpc) is 2.30. The van der Waals surface area contributed by atoms with Gasteiger partial charge in [0.05, 0.1) is 11.6 Å². The number of hydrogen-bond donors (Lipinski definition) is 1. The smallest absolute Gasteiger partial charge is 0.0991 e. The lowest BCUT2D eigenvalue weighted by Crippen LogP contribution is -2.21. The zero-order valence-electron chi connectivity index (χ0n) is 8.61. The van der Waals surface area contributed by atoms with E-state index in [0.717, 1.165) is 19.3 Å². The maximum Gasteiger partial charge on any atom is 0.0991 e. The Kier molecular flexibility index (Phi) is 2.84. The van der Waals surface area contributed by atoms with Gasteiger partial charge in [-0.05, 0) is 42.5 Å². The van der Waals surface area contributed by atoms with Gasteiger partial charge in [-0.3, -0.25) is 0 Å². The summed E-state index contributed by atoms with van der Waals surface area (Å²) in [4.78, 5) is 0. The zero-order valence-corrected chi connectivity index (χ0v) is 8.61. The van der Waals surface area contributed by atoms with Crippen molar-refractivity contribution in [1.82, 2.24) is 0 Å². The molecule has 1 aromatic rings. The maximum atomic E-state index is 8.69. The summed E-state index contributed by atoms with van der Waals surface area (Å²) in [7, 11) is 0. The molecule has 0 spiro atoms. The number of rotatable bonds is 1. The van der Waals surface area contributed by atoms with Crippen LogP contribution in [0.25, 0.3) is 5.57 Å². The molecule has 0 amide bonds. The molecular formula is C13H14N2. The van der Waals surface area contributed by atoms with Gasteiger partial charge in [0.25, 0.3) is 0 Å². The Hall–Kier alpha value is -1.59. The highest BCUT2D eigenvalue weighted by molar-refractivity contribution is 5.66. The lowest BCUT2D eigenvalue weighted by molar-refractivity contribution is 0.614. The summed E-state index contributed by atoms with van der Waals surface area (Å²) in [6.45, 7) is 0. The van der Waals surface area contributed by atoms with E-state index in [2.05, 4.69) is 12.1 Å². The molecule has 0 heterocycles. The normalized spacial score (nSPS) is 20.5. The molecule has 1 atom stereocenters. The number of allylic oxidation sites excluding steroid dienone is 1. The van der Waals surface area contributed by atoms with Crippen molar-refractivity contribution in [3.63, 3.8) is 0 Å². The quantitative estimate of drug-likeness (QED) is 0.753. The minimum atomic E-state index is 0.326. The fourth-order valence-electron chi connectivity index (χ4n) is 1.88. The van der Waals surface area contributed by atoms with E-state index in [4.69, 9.17) is 11.0 Å². The van der Waals surface area contributed by atoms with Gasteiger partial charge in [-0.2, -0.15) is 5.26 Å². The molecule has 15 heavy (non-hydrogen) atoms. The fourth-order valence-corrected chi connectivity index (χ4v) is 1.88. The van der Waals surface area contributed by atoms with Crippen molar-refractivity contribution < 1.29 is 0 Å². The third kappa shape index (κ3) is 2.26. The molecule has 0 saturated carbocycles. The van der Waals surface area contributed by atoms with Crippen LogP contribution in [0.15, 0.2) is 30.3 Å². The number of benzene rings is 1. The molecule has 0 saturated heterocycles. The Labute approximate surface area is 90.0 Å². The summed E-state index contributed by atoms with van der Waals surface area (Å²) >= 11 is 0. The van der Waals surface area contributed by atoms with E-state index >= 15 is 0 Å². The van der Waals surface area contributed by atoms with Crippen molar-refractivity contribution >= 4 is 5.57 Å². The molecule has 2 nitrogen and oxygen atoms in total. The first-order valence-corrected chi connectivity index (χ1v) is 5.25. The van der Waals surface area contributed by atoms with Gasteiger partial charge in [-0.1, -0.05) is 18.2 Å². The summed E-state index contributed by atoms with van der Waals surface area (Å²) in [5.74, 6) is 0. The van der Waals surface area contributed by atoms with E-state index in [1.165, 1.54) is 11.1 Å². The van der Waals surface area contributed by atoms with Crippen LogP contribution < -0.4 is 5.73 Å². The van der Waals surface area contributed by atoms with Gasteiger partial charge in [0, 0.05) is 6.04 Å². The van der Waals surface area contributed by atoms with E-state index in [1.54, 1.807) is 0 Å². The molecular weight excluding hydrogens is 184 g/mol. The molecule has 0 aromatic heterocycles. The Balaban J connectivity index is 2.20. The molecule has 1 aromatic carbocycles. The highest BCUT2D eigenvalue weighted by Gasteiger charge is 2.11. The SMILES string of the molecule is N#Cc1ccc(C2=CCC(N)CC2)cc1. The molecule has 2 rings (SSSR count). The minimum absolute atomic E-state index is 0.326. The van der Waals surface area contributed by atoms with Gasteiger partial charge in [-0.15, -0.1) is 0 Å². The first-order valence-electron chi connectivity index (χ1n) is 5.25. The molecule has 0 bridgehead atoms. The topological polar surface area (TPSA) is 49.8 Å². The van der Waals surface area contributed by atoms with Gasteiger partial charge < -0.3 is 5.73 Å². The highest BCUT2D eigenvalue weighted by Crippen LogP contribution is 2.26. The molecule has 0 fully saturated rings. The van der Waals surface area contributed by atoms with Gasteiger partial charge >= 0.3 is 0 Å². The predicted molar refractivity (Wildman–Crippen MR) is 61.0 cm³/mol. The predicted octanol–water partition coefficient (Wildman–Crippen LogP) is 2.45. The second-order valence-corrected chi connectivity index (χ2v) is 3.95. The Morgan fingerprint density at radius 3 is 2.53 bits per heavy atom. The lowest BCUT2D eigenvalue weighted by atomic mass is 9.91. The Morgan fingerprint density at radius 1 is 1.27 bits per heavy atom. The zero-order chi connectivity index (χ0) is 10.7. The van der Waals surface area contributed by atoms with Crippen LogP contribution in [0, 0.1) is 11.3 Å². The molecule has 2 N–H and O–H groups in total. The van der Waals surface area contributed by atoms with Crippen molar-refractivity contribution in [2.75, 3.05) is 0 Å². The van der Waals surface area contributed by atoms with Crippen molar-refractivity contribution in [3.8, 4) is 6.07 Å². The van der Waals surface area contributed by atoms with Crippen LogP contribution in [-0.4, -0.2) is 6.04 Å². The van der Waals surface area contributed by atoms with E-state index < -0.39 is 0 Å². The van der Waals surface area contributed by atoms with Crippen molar-refractivity contribution in [3.05, 3.63) is 41.5 Å². The van der Waals surface area contributed by atoms with Crippen molar-refractivity contribution in [1.29, 1.82) is 5.26 Å². The first kappa shape index (κ1) is 9.95. The number of hydrogen-bond acceptors (Lipinski definition) is 2. The second kappa shape index (κ2) is 4.29. The highest BCUT2D eigenvalue weighted by atomic mass is 14.6. The van der Waals surface area contributed by atoms with Gasteiger partial charge in [0.2, 0.25) is 0 Å². The van der Waals surface area contributed by atoms with Gasteiger partial charge in [-0.25, -0.2) is 0 Å². The third-order valence-electron chi connectivity index (χ3n) is 2.84. The fraction of sp³-hybridized carbons (Fsp3) is 0.308. The van der Waals surface area contributed by atoms with Crippen LogP contribution in [0.2, 0.25) is 0 Å². The van der Waals surface area contributed by atoms with Crippen LogP contribution in [0.4, 0.5) is 0 Å². The van der Waals surface area contributed by atoms with Crippen LogP contribution in [0.3, 0.4) is 0 Å². The third-order valence-corrected chi connectivity index (χ3v) is 2.84. The average molecular weight is 198 g/mol. The summed E-state index contributed by atoms with van der Waals surface area (Å²) in [5, 5.41) is 8.69.